The molecule has 3 rings (SSSR count). The number of hydrogen-bond acceptors (Lipinski definition) is 7. The topological polar surface area (TPSA) is 65.0 Å². The van der Waals surface area contributed by atoms with Crippen molar-refractivity contribution in [3.05, 3.63) is 12.4 Å². The predicted octanol–water partition coefficient (Wildman–Crippen LogP) is -0.576. The second-order valence-electron chi connectivity index (χ2n) is 5.82. The molecule has 21 heavy (non-hydrogen) atoms. The Morgan fingerprint density at radius 3 is 2.57 bits per heavy atom. The summed E-state index contributed by atoms with van der Waals surface area (Å²) in [7, 11) is 3.96. The first kappa shape index (κ1) is 14.5. The Hall–Kier alpha value is -1.44. The average molecular weight is 293 g/mol. The van der Waals surface area contributed by atoms with Gasteiger partial charge in [-0.2, -0.15) is 0 Å². The van der Waals surface area contributed by atoms with Crippen LogP contribution in [-0.2, 0) is 4.74 Å². The molecule has 2 aliphatic rings. The van der Waals surface area contributed by atoms with Crippen LogP contribution >= 0.6 is 0 Å². The fourth-order valence-corrected chi connectivity index (χ4v) is 2.92. The van der Waals surface area contributed by atoms with E-state index in [0.29, 0.717) is 13.2 Å². The normalized spacial score (nSPS) is 27.1. The van der Waals surface area contributed by atoms with E-state index in [1.807, 2.05) is 25.1 Å². The van der Waals surface area contributed by atoms with Gasteiger partial charge in [0.2, 0.25) is 0 Å². The van der Waals surface area contributed by atoms with E-state index in [1.165, 1.54) is 0 Å². The number of anilines is 2. The number of nitrogens with zero attached hydrogens (tertiary/aromatic N) is 5. The fraction of sp³-hybridized carbons (Fsp3) is 0.714. The largest absolute Gasteiger partial charge is 0.389 e. The Morgan fingerprint density at radius 1 is 1.19 bits per heavy atom. The summed E-state index contributed by atoms with van der Waals surface area (Å²) in [5.74, 6) is 1.89. The smallest absolute Gasteiger partial charge is 0.134 e. The van der Waals surface area contributed by atoms with Crippen molar-refractivity contribution in [1.82, 2.24) is 14.9 Å². The molecular weight excluding hydrogens is 270 g/mol. The molecule has 2 aliphatic heterocycles. The van der Waals surface area contributed by atoms with Crippen molar-refractivity contribution < 1.29 is 9.84 Å². The summed E-state index contributed by atoms with van der Waals surface area (Å²) < 4.78 is 5.34. The average Bonchev–Trinajstić information content (AvgIpc) is 2.94. The molecule has 7 heteroatoms. The van der Waals surface area contributed by atoms with Gasteiger partial charge in [0.05, 0.1) is 25.4 Å². The third kappa shape index (κ3) is 3.09. The molecule has 0 amide bonds. The molecular formula is C14H23N5O2. The zero-order chi connectivity index (χ0) is 14.8. The van der Waals surface area contributed by atoms with Crippen molar-refractivity contribution in [3.63, 3.8) is 0 Å². The summed E-state index contributed by atoms with van der Waals surface area (Å²) in [6, 6.07) is 2.17. The lowest BCUT2D eigenvalue weighted by Crippen LogP contribution is -2.53. The first-order valence-electron chi connectivity index (χ1n) is 7.39. The zero-order valence-corrected chi connectivity index (χ0v) is 12.6. The third-order valence-corrected chi connectivity index (χ3v) is 4.23. The maximum absolute atomic E-state index is 9.92. The quantitative estimate of drug-likeness (QED) is 0.800. The van der Waals surface area contributed by atoms with Gasteiger partial charge in [-0.25, -0.2) is 9.97 Å². The highest BCUT2D eigenvalue weighted by molar-refractivity contribution is 5.49. The minimum absolute atomic E-state index is 0.148. The lowest BCUT2D eigenvalue weighted by Gasteiger charge is -2.38. The van der Waals surface area contributed by atoms with Crippen molar-refractivity contribution in [3.8, 4) is 0 Å². The predicted molar refractivity (Wildman–Crippen MR) is 80.8 cm³/mol. The Balaban J connectivity index is 1.61. The molecule has 0 bridgehead atoms. The molecule has 0 spiro atoms. The van der Waals surface area contributed by atoms with Crippen molar-refractivity contribution in [1.29, 1.82) is 0 Å². The van der Waals surface area contributed by atoms with Crippen molar-refractivity contribution in [2.45, 2.75) is 12.1 Å². The molecule has 116 valence electrons. The van der Waals surface area contributed by atoms with Gasteiger partial charge in [-0.3, -0.25) is 4.90 Å². The van der Waals surface area contributed by atoms with Crippen molar-refractivity contribution >= 4 is 11.6 Å². The van der Waals surface area contributed by atoms with Gasteiger partial charge in [0, 0.05) is 46.3 Å². The van der Waals surface area contributed by atoms with Gasteiger partial charge in [-0.1, -0.05) is 0 Å². The maximum Gasteiger partial charge on any atom is 0.134 e. The van der Waals surface area contributed by atoms with Crippen LogP contribution < -0.4 is 9.80 Å². The van der Waals surface area contributed by atoms with Crippen LogP contribution in [0.1, 0.15) is 0 Å². The van der Waals surface area contributed by atoms with E-state index in [2.05, 4.69) is 19.8 Å². The molecule has 0 aliphatic carbocycles. The molecule has 2 saturated heterocycles. The number of hydrogen-bond donors (Lipinski definition) is 1. The Kier molecular flexibility index (Phi) is 4.23. The molecule has 0 aromatic carbocycles. The number of piperazine rings is 1. The summed E-state index contributed by atoms with van der Waals surface area (Å²) in [5, 5.41) is 9.92. The van der Waals surface area contributed by atoms with E-state index in [4.69, 9.17) is 4.74 Å². The molecule has 1 aromatic heterocycles. The highest BCUT2D eigenvalue weighted by Crippen LogP contribution is 2.20. The van der Waals surface area contributed by atoms with Crippen LogP contribution in [0.15, 0.2) is 12.4 Å². The maximum atomic E-state index is 9.92. The minimum atomic E-state index is -0.351. The van der Waals surface area contributed by atoms with Gasteiger partial charge < -0.3 is 19.6 Å². The summed E-state index contributed by atoms with van der Waals surface area (Å²) in [4.78, 5) is 15.2. The lowest BCUT2D eigenvalue weighted by atomic mass is 10.1. The second kappa shape index (κ2) is 6.13. The summed E-state index contributed by atoms with van der Waals surface area (Å²) in [6.45, 7) is 4.77. The Labute approximate surface area is 125 Å². The van der Waals surface area contributed by atoms with Crippen LogP contribution in [0.4, 0.5) is 11.6 Å². The van der Waals surface area contributed by atoms with E-state index in [-0.39, 0.29) is 12.1 Å². The molecule has 0 saturated carbocycles. The Morgan fingerprint density at radius 2 is 1.95 bits per heavy atom. The number of aromatic nitrogens is 2. The number of aliphatic hydroxyl groups is 1. The van der Waals surface area contributed by atoms with Crippen LogP contribution in [-0.4, -0.2) is 85.6 Å². The van der Waals surface area contributed by atoms with Crippen LogP contribution in [0.2, 0.25) is 0 Å². The first-order chi connectivity index (χ1) is 10.1. The van der Waals surface area contributed by atoms with E-state index < -0.39 is 0 Å². The second-order valence-corrected chi connectivity index (χ2v) is 5.82. The fourth-order valence-electron chi connectivity index (χ4n) is 2.92. The summed E-state index contributed by atoms with van der Waals surface area (Å²) in [6.07, 6.45) is 1.27. The number of rotatable bonds is 3. The van der Waals surface area contributed by atoms with Crippen molar-refractivity contribution in [2.24, 2.45) is 0 Å². The first-order valence-corrected chi connectivity index (χ1v) is 7.39. The van der Waals surface area contributed by atoms with Gasteiger partial charge in [-0.05, 0) is 0 Å². The summed E-state index contributed by atoms with van der Waals surface area (Å²) in [5.41, 5.74) is 0. The van der Waals surface area contributed by atoms with Crippen LogP contribution in [0, 0.1) is 0 Å². The molecule has 2 atom stereocenters. The van der Waals surface area contributed by atoms with E-state index in [9.17, 15) is 5.11 Å². The van der Waals surface area contributed by atoms with Gasteiger partial charge in [0.25, 0.3) is 0 Å². The van der Waals surface area contributed by atoms with Gasteiger partial charge in [-0.15, -0.1) is 0 Å². The molecule has 7 nitrogen and oxygen atoms in total. The highest BCUT2D eigenvalue weighted by atomic mass is 16.5. The summed E-state index contributed by atoms with van der Waals surface area (Å²) >= 11 is 0. The molecule has 2 fully saturated rings. The Bertz CT molecular complexity index is 476. The number of ether oxygens (including phenoxy) is 1. The highest BCUT2D eigenvalue weighted by Gasteiger charge is 2.33. The van der Waals surface area contributed by atoms with E-state index in [1.54, 1.807) is 6.33 Å². The molecule has 2 unspecified atom stereocenters. The van der Waals surface area contributed by atoms with Crippen LogP contribution in [0.3, 0.4) is 0 Å². The lowest BCUT2D eigenvalue weighted by molar-refractivity contribution is 0.0784. The molecule has 1 N–H and O–H groups in total. The third-order valence-electron chi connectivity index (χ3n) is 4.23. The molecule has 1 aromatic rings. The molecule has 3 heterocycles. The van der Waals surface area contributed by atoms with Crippen LogP contribution in [0.5, 0.6) is 0 Å². The van der Waals surface area contributed by atoms with Gasteiger partial charge >= 0.3 is 0 Å². The monoisotopic (exact) mass is 293 g/mol. The van der Waals surface area contributed by atoms with Gasteiger partial charge in [0.15, 0.2) is 0 Å². The van der Waals surface area contributed by atoms with E-state index in [0.717, 1.165) is 37.8 Å². The SMILES string of the molecule is CN(C)c1cc(N2CCN(C3COCC3O)CC2)ncn1. The van der Waals surface area contributed by atoms with Crippen molar-refractivity contribution in [2.75, 3.05) is 63.3 Å². The number of aliphatic hydroxyl groups excluding tert-OH is 1. The minimum Gasteiger partial charge on any atom is -0.389 e. The standard InChI is InChI=1S/C14H23N5O2/c1-17(2)13-7-14(16-10-15-13)19-5-3-18(4-6-19)11-8-21-9-12(11)20/h7,10-12,20H,3-6,8-9H2,1-2H3. The van der Waals surface area contributed by atoms with E-state index >= 15 is 0 Å². The molecule has 0 radical (unpaired) electrons. The zero-order valence-electron chi connectivity index (χ0n) is 12.6. The van der Waals surface area contributed by atoms with Crippen LogP contribution in [0.25, 0.3) is 0 Å². The van der Waals surface area contributed by atoms with Gasteiger partial charge in [0.1, 0.15) is 18.0 Å².